The first kappa shape index (κ1) is 16.4. The molecule has 1 aromatic rings. The second-order valence-electron chi connectivity index (χ2n) is 6.16. The number of amides is 2. The van der Waals surface area contributed by atoms with Crippen molar-refractivity contribution < 1.29 is 14.3 Å². The van der Waals surface area contributed by atoms with Crippen LogP contribution in [0.5, 0.6) is 0 Å². The van der Waals surface area contributed by atoms with Crippen molar-refractivity contribution in [3.05, 3.63) is 21.9 Å². The van der Waals surface area contributed by atoms with E-state index < -0.39 is 5.91 Å². The quantitative estimate of drug-likeness (QED) is 0.890. The molecule has 0 unspecified atom stereocenters. The van der Waals surface area contributed by atoms with Crippen molar-refractivity contribution >= 4 is 23.2 Å². The lowest BCUT2D eigenvalue weighted by atomic mass is 9.99. The molecule has 2 saturated heterocycles. The summed E-state index contributed by atoms with van der Waals surface area (Å²) >= 11 is 1.29. The summed E-state index contributed by atoms with van der Waals surface area (Å²) in [6.07, 6.45) is 1.06. The van der Waals surface area contributed by atoms with Gasteiger partial charge in [-0.2, -0.15) is 0 Å². The van der Waals surface area contributed by atoms with E-state index in [1.807, 2.05) is 4.90 Å². The molecule has 0 spiro atoms. The van der Waals surface area contributed by atoms with Crippen molar-refractivity contribution in [2.24, 2.45) is 11.7 Å². The smallest absolute Gasteiger partial charge is 0.264 e. The summed E-state index contributed by atoms with van der Waals surface area (Å²) in [5.74, 6) is 0.0173. The van der Waals surface area contributed by atoms with Gasteiger partial charge in [0.05, 0.1) is 23.7 Å². The van der Waals surface area contributed by atoms with Crippen molar-refractivity contribution in [2.75, 3.05) is 39.4 Å². The Morgan fingerprint density at radius 2 is 2.09 bits per heavy atom. The number of nitrogens with two attached hydrogens (primary N) is 1. The molecule has 126 valence electrons. The van der Waals surface area contributed by atoms with Crippen LogP contribution in [0.1, 0.15) is 33.4 Å². The number of thiophene rings is 1. The number of hydrogen-bond acceptors (Lipinski definition) is 5. The van der Waals surface area contributed by atoms with Gasteiger partial charge in [0.25, 0.3) is 5.91 Å². The Balaban J connectivity index is 1.70. The summed E-state index contributed by atoms with van der Waals surface area (Å²) in [6.45, 7) is 7.13. The number of ether oxygens (including phenoxy) is 1. The molecule has 6 nitrogen and oxygen atoms in total. The van der Waals surface area contributed by atoms with Gasteiger partial charge in [0.1, 0.15) is 0 Å². The van der Waals surface area contributed by atoms with Crippen LogP contribution in [0.3, 0.4) is 0 Å². The Morgan fingerprint density at radius 1 is 1.35 bits per heavy atom. The first-order valence-corrected chi connectivity index (χ1v) is 8.97. The number of carbonyl (C=O) groups is 2. The van der Waals surface area contributed by atoms with E-state index in [1.165, 1.54) is 11.3 Å². The standard InChI is InChI=1S/C16H23N3O3S/c1-2-11-8-19(9-13(11)18-3-5-22-6-4-18)16(21)14-7-12(10-23-14)15(17)20/h7,10-11,13H,2-6,8-9H2,1H3,(H2,17,20)/t11-,13+/m1/s1. The maximum atomic E-state index is 12.7. The number of hydrogen-bond donors (Lipinski definition) is 1. The number of nitrogens with zero attached hydrogens (tertiary/aromatic N) is 2. The Labute approximate surface area is 140 Å². The number of likely N-dealkylation sites (tertiary alicyclic amines) is 1. The molecule has 0 aliphatic carbocycles. The molecule has 3 rings (SSSR count). The third-order valence-electron chi connectivity index (χ3n) is 4.83. The van der Waals surface area contributed by atoms with Crippen LogP contribution in [0.4, 0.5) is 0 Å². The monoisotopic (exact) mass is 337 g/mol. The first-order chi connectivity index (χ1) is 11.1. The van der Waals surface area contributed by atoms with Crippen molar-refractivity contribution in [1.29, 1.82) is 0 Å². The highest BCUT2D eigenvalue weighted by molar-refractivity contribution is 7.12. The van der Waals surface area contributed by atoms with Crippen LogP contribution in [0, 0.1) is 5.92 Å². The second kappa shape index (κ2) is 6.98. The molecule has 0 radical (unpaired) electrons. The Bertz CT molecular complexity index is 583. The molecule has 2 atom stereocenters. The minimum absolute atomic E-state index is 0.0108. The van der Waals surface area contributed by atoms with Gasteiger partial charge in [-0.1, -0.05) is 13.3 Å². The summed E-state index contributed by atoms with van der Waals surface area (Å²) in [5.41, 5.74) is 5.68. The predicted molar refractivity (Wildman–Crippen MR) is 88.7 cm³/mol. The zero-order chi connectivity index (χ0) is 16.4. The fraction of sp³-hybridized carbons (Fsp3) is 0.625. The lowest BCUT2D eigenvalue weighted by molar-refractivity contribution is 0.0103. The summed E-state index contributed by atoms with van der Waals surface area (Å²) in [7, 11) is 0. The zero-order valence-corrected chi connectivity index (χ0v) is 14.2. The molecule has 2 aliphatic rings. The molecule has 1 aromatic heterocycles. The number of primary amides is 1. The molecular formula is C16H23N3O3S. The summed E-state index contributed by atoms with van der Waals surface area (Å²) in [6, 6.07) is 2.02. The minimum atomic E-state index is -0.487. The minimum Gasteiger partial charge on any atom is -0.379 e. The van der Waals surface area contributed by atoms with Gasteiger partial charge in [-0.3, -0.25) is 14.5 Å². The van der Waals surface area contributed by atoms with Crippen molar-refractivity contribution in [2.45, 2.75) is 19.4 Å². The van der Waals surface area contributed by atoms with Crippen LogP contribution >= 0.6 is 11.3 Å². The van der Waals surface area contributed by atoms with Crippen LogP contribution in [0.25, 0.3) is 0 Å². The molecule has 3 heterocycles. The molecule has 0 bridgehead atoms. The zero-order valence-electron chi connectivity index (χ0n) is 13.4. The van der Waals surface area contributed by atoms with Gasteiger partial charge in [-0.25, -0.2) is 0 Å². The first-order valence-electron chi connectivity index (χ1n) is 8.09. The Kier molecular flexibility index (Phi) is 4.99. The molecule has 0 aromatic carbocycles. The summed E-state index contributed by atoms with van der Waals surface area (Å²) in [5, 5.41) is 1.66. The van der Waals surface area contributed by atoms with E-state index in [4.69, 9.17) is 10.5 Å². The van der Waals surface area contributed by atoms with E-state index in [-0.39, 0.29) is 5.91 Å². The van der Waals surface area contributed by atoms with Gasteiger partial charge in [0, 0.05) is 37.6 Å². The summed E-state index contributed by atoms with van der Waals surface area (Å²) < 4.78 is 5.43. The van der Waals surface area contributed by atoms with E-state index in [0.29, 0.717) is 22.4 Å². The number of rotatable bonds is 4. The van der Waals surface area contributed by atoms with Crippen LogP contribution in [0.2, 0.25) is 0 Å². The highest BCUT2D eigenvalue weighted by Gasteiger charge is 2.38. The molecule has 2 aliphatic heterocycles. The topological polar surface area (TPSA) is 75.9 Å². The molecular weight excluding hydrogens is 314 g/mol. The molecule has 2 amide bonds. The van der Waals surface area contributed by atoms with Gasteiger partial charge >= 0.3 is 0 Å². The lowest BCUT2D eigenvalue weighted by Crippen LogP contribution is -2.47. The third-order valence-corrected chi connectivity index (χ3v) is 5.75. The van der Waals surface area contributed by atoms with Crippen LogP contribution in [0.15, 0.2) is 11.4 Å². The Morgan fingerprint density at radius 3 is 2.70 bits per heavy atom. The predicted octanol–water partition coefficient (Wildman–Crippen LogP) is 1.03. The van der Waals surface area contributed by atoms with Crippen molar-refractivity contribution in [1.82, 2.24) is 9.80 Å². The van der Waals surface area contributed by atoms with Crippen molar-refractivity contribution in [3.63, 3.8) is 0 Å². The van der Waals surface area contributed by atoms with E-state index in [2.05, 4.69) is 11.8 Å². The second-order valence-corrected chi connectivity index (χ2v) is 7.07. The highest BCUT2D eigenvalue weighted by atomic mass is 32.1. The van der Waals surface area contributed by atoms with E-state index in [9.17, 15) is 9.59 Å². The normalized spacial score (nSPS) is 25.7. The lowest BCUT2D eigenvalue weighted by Gasteiger charge is -2.34. The van der Waals surface area contributed by atoms with Crippen LogP contribution in [-0.4, -0.2) is 67.0 Å². The summed E-state index contributed by atoms with van der Waals surface area (Å²) in [4.78, 5) is 28.9. The van der Waals surface area contributed by atoms with Gasteiger partial charge in [-0.05, 0) is 12.0 Å². The fourth-order valence-electron chi connectivity index (χ4n) is 3.48. The van der Waals surface area contributed by atoms with Gasteiger partial charge < -0.3 is 15.4 Å². The molecule has 0 saturated carbocycles. The highest BCUT2D eigenvalue weighted by Crippen LogP contribution is 2.28. The largest absolute Gasteiger partial charge is 0.379 e. The average Bonchev–Trinajstić information content (AvgIpc) is 3.22. The third kappa shape index (κ3) is 3.41. The van der Waals surface area contributed by atoms with E-state index in [1.54, 1.807) is 11.4 Å². The van der Waals surface area contributed by atoms with Crippen LogP contribution < -0.4 is 5.73 Å². The van der Waals surface area contributed by atoms with Crippen LogP contribution in [-0.2, 0) is 4.74 Å². The molecule has 2 fully saturated rings. The fourth-order valence-corrected chi connectivity index (χ4v) is 4.34. The molecule has 2 N–H and O–H groups in total. The average molecular weight is 337 g/mol. The Hall–Kier alpha value is -1.44. The van der Waals surface area contributed by atoms with Gasteiger partial charge in [-0.15, -0.1) is 11.3 Å². The molecule has 23 heavy (non-hydrogen) atoms. The maximum Gasteiger partial charge on any atom is 0.264 e. The number of carbonyl (C=O) groups excluding carboxylic acids is 2. The van der Waals surface area contributed by atoms with Gasteiger partial charge in [0.15, 0.2) is 0 Å². The van der Waals surface area contributed by atoms with E-state index in [0.717, 1.165) is 45.8 Å². The van der Waals surface area contributed by atoms with Gasteiger partial charge in [0.2, 0.25) is 5.91 Å². The van der Waals surface area contributed by atoms with E-state index >= 15 is 0 Å². The maximum absolute atomic E-state index is 12.7. The van der Waals surface area contributed by atoms with Crippen molar-refractivity contribution in [3.8, 4) is 0 Å². The SMILES string of the molecule is CC[C@@H]1CN(C(=O)c2cc(C(N)=O)cs2)C[C@@H]1N1CCOCC1. The molecule has 7 heteroatoms. The number of morpholine rings is 1.